The van der Waals surface area contributed by atoms with Gasteiger partial charge in [0.1, 0.15) is 11.5 Å². The number of hydrogen-bond acceptors (Lipinski definition) is 4. The van der Waals surface area contributed by atoms with Crippen LogP contribution in [0.15, 0.2) is 12.3 Å². The van der Waals surface area contributed by atoms with Crippen LogP contribution >= 0.6 is 11.6 Å². The van der Waals surface area contributed by atoms with E-state index in [1.165, 1.54) is 6.42 Å². The van der Waals surface area contributed by atoms with Gasteiger partial charge >= 0.3 is 0 Å². The molecule has 0 aromatic carbocycles. The molecule has 3 heterocycles. The lowest BCUT2D eigenvalue weighted by atomic mass is 9.93. The minimum atomic E-state index is 0.285. The van der Waals surface area contributed by atoms with E-state index in [1.54, 1.807) is 0 Å². The fourth-order valence-electron chi connectivity index (χ4n) is 2.82. The summed E-state index contributed by atoms with van der Waals surface area (Å²) in [7, 11) is 2.08. The molecule has 0 unspecified atom stereocenters. The van der Waals surface area contributed by atoms with Crippen LogP contribution in [0.5, 0.6) is 0 Å². The lowest BCUT2D eigenvalue weighted by molar-refractivity contribution is 0.338. The highest BCUT2D eigenvalue weighted by Gasteiger charge is 2.27. The van der Waals surface area contributed by atoms with E-state index >= 15 is 0 Å². The summed E-state index contributed by atoms with van der Waals surface area (Å²) in [6.45, 7) is 4.36. The average molecular weight is 280 g/mol. The fraction of sp³-hybridized carbons (Fsp3) is 0.538. The summed E-state index contributed by atoms with van der Waals surface area (Å²) in [5.74, 6) is 1.53. The first-order chi connectivity index (χ1) is 9.16. The molecule has 0 spiro atoms. The summed E-state index contributed by atoms with van der Waals surface area (Å²) in [6.07, 6.45) is 3.06. The second-order valence-electron chi connectivity index (χ2n) is 5.20. The third-order valence-electron chi connectivity index (χ3n) is 3.99. The molecule has 6 heteroatoms. The molecule has 1 saturated heterocycles. The molecule has 0 saturated carbocycles. The molecule has 102 valence electrons. The van der Waals surface area contributed by atoms with Crippen molar-refractivity contribution < 1.29 is 0 Å². The van der Waals surface area contributed by atoms with Crippen LogP contribution in [-0.2, 0) is 0 Å². The second kappa shape index (κ2) is 4.98. The van der Waals surface area contributed by atoms with Gasteiger partial charge in [0.25, 0.3) is 0 Å². The topological polar surface area (TPSA) is 56.8 Å². The third kappa shape index (κ3) is 2.28. The number of halogens is 1. The Bertz CT molecular complexity index is 581. The molecule has 1 aliphatic heterocycles. The van der Waals surface area contributed by atoms with Crippen LogP contribution < -0.4 is 10.2 Å². The van der Waals surface area contributed by atoms with Gasteiger partial charge in [-0.3, -0.25) is 0 Å². The van der Waals surface area contributed by atoms with Gasteiger partial charge in [-0.05, 0) is 36.6 Å². The standard InChI is InChI=1S/C13H18ClN5/c1-8-3-5-15-7-10(8)19(2)12-9-4-6-16-11(9)17-13(14)18-12/h4,6,8,10,15H,3,5,7H2,1-2H3,(H,16,17,18)/t8-,10-/m0/s1. The molecule has 3 rings (SSSR count). The third-order valence-corrected chi connectivity index (χ3v) is 4.16. The number of rotatable bonds is 2. The Morgan fingerprint density at radius 3 is 3.05 bits per heavy atom. The summed E-state index contributed by atoms with van der Waals surface area (Å²) in [4.78, 5) is 13.9. The first kappa shape index (κ1) is 12.7. The van der Waals surface area contributed by atoms with Crippen LogP contribution in [0.1, 0.15) is 13.3 Å². The van der Waals surface area contributed by atoms with E-state index in [9.17, 15) is 0 Å². The van der Waals surface area contributed by atoms with Gasteiger partial charge in [-0.1, -0.05) is 6.92 Å². The van der Waals surface area contributed by atoms with Crippen LogP contribution in [0.25, 0.3) is 11.0 Å². The number of nitrogens with zero attached hydrogens (tertiary/aromatic N) is 3. The number of hydrogen-bond donors (Lipinski definition) is 2. The van der Waals surface area contributed by atoms with E-state index in [4.69, 9.17) is 11.6 Å². The Kier molecular flexibility index (Phi) is 3.33. The van der Waals surface area contributed by atoms with Crippen LogP contribution in [-0.4, -0.2) is 41.1 Å². The minimum Gasteiger partial charge on any atom is -0.354 e. The fourth-order valence-corrected chi connectivity index (χ4v) is 2.98. The van der Waals surface area contributed by atoms with Crippen LogP contribution in [0.2, 0.25) is 5.28 Å². The molecule has 19 heavy (non-hydrogen) atoms. The van der Waals surface area contributed by atoms with E-state index in [-0.39, 0.29) is 5.28 Å². The summed E-state index contributed by atoms with van der Waals surface area (Å²) < 4.78 is 0. The van der Waals surface area contributed by atoms with Gasteiger partial charge in [-0.2, -0.15) is 9.97 Å². The maximum absolute atomic E-state index is 6.02. The zero-order valence-corrected chi connectivity index (χ0v) is 11.9. The highest BCUT2D eigenvalue weighted by molar-refractivity contribution is 6.28. The first-order valence-corrected chi connectivity index (χ1v) is 6.99. The SMILES string of the molecule is C[C@H]1CCNC[C@@H]1N(C)c1nc(Cl)nc2[nH]ccc12. The van der Waals surface area contributed by atoms with E-state index in [0.717, 1.165) is 29.9 Å². The van der Waals surface area contributed by atoms with Gasteiger partial charge in [0.05, 0.1) is 5.39 Å². The number of nitrogens with one attached hydrogen (secondary N) is 2. The molecule has 5 nitrogen and oxygen atoms in total. The summed E-state index contributed by atoms with van der Waals surface area (Å²) in [5, 5.41) is 4.75. The molecule has 0 aliphatic carbocycles. The van der Waals surface area contributed by atoms with Crippen molar-refractivity contribution >= 4 is 28.5 Å². The molecule has 2 aromatic rings. The molecule has 1 fully saturated rings. The highest BCUT2D eigenvalue weighted by atomic mass is 35.5. The van der Waals surface area contributed by atoms with Gasteiger partial charge in [0.15, 0.2) is 0 Å². The van der Waals surface area contributed by atoms with Crippen molar-refractivity contribution in [2.24, 2.45) is 5.92 Å². The normalized spacial score (nSPS) is 23.7. The van der Waals surface area contributed by atoms with Crippen LogP contribution in [0.3, 0.4) is 0 Å². The molecular formula is C13H18ClN5. The van der Waals surface area contributed by atoms with Crippen molar-refractivity contribution in [3.63, 3.8) is 0 Å². The van der Waals surface area contributed by atoms with E-state index in [1.807, 2.05) is 12.3 Å². The summed E-state index contributed by atoms with van der Waals surface area (Å²) in [6, 6.07) is 2.43. The largest absolute Gasteiger partial charge is 0.354 e. The zero-order chi connectivity index (χ0) is 13.4. The highest BCUT2D eigenvalue weighted by Crippen LogP contribution is 2.28. The average Bonchev–Trinajstić information content (AvgIpc) is 2.85. The molecule has 2 N–H and O–H groups in total. The Balaban J connectivity index is 2.00. The lowest BCUT2D eigenvalue weighted by Crippen LogP contribution is -2.49. The number of fused-ring (bicyclic) bond motifs is 1. The minimum absolute atomic E-state index is 0.285. The molecule has 2 atom stereocenters. The monoisotopic (exact) mass is 279 g/mol. The van der Waals surface area contributed by atoms with E-state index in [2.05, 4.69) is 39.1 Å². The Hall–Kier alpha value is -1.33. The molecular weight excluding hydrogens is 262 g/mol. The van der Waals surface area contributed by atoms with Gasteiger partial charge in [-0.15, -0.1) is 0 Å². The van der Waals surface area contributed by atoms with Gasteiger partial charge in [0.2, 0.25) is 5.28 Å². The Morgan fingerprint density at radius 1 is 1.42 bits per heavy atom. The number of aromatic nitrogens is 3. The van der Waals surface area contributed by atoms with Crippen LogP contribution in [0.4, 0.5) is 5.82 Å². The smallest absolute Gasteiger partial charge is 0.226 e. The second-order valence-corrected chi connectivity index (χ2v) is 5.54. The Labute approximate surface area is 117 Å². The summed E-state index contributed by atoms with van der Waals surface area (Å²) in [5.41, 5.74) is 0.790. The maximum atomic E-state index is 6.02. The van der Waals surface area contributed by atoms with Crippen molar-refractivity contribution in [3.05, 3.63) is 17.5 Å². The lowest BCUT2D eigenvalue weighted by Gasteiger charge is -2.37. The van der Waals surface area contributed by atoms with Gasteiger partial charge < -0.3 is 15.2 Å². The number of anilines is 1. The predicted molar refractivity (Wildman–Crippen MR) is 77.7 cm³/mol. The van der Waals surface area contributed by atoms with Crippen LogP contribution in [0, 0.1) is 5.92 Å². The van der Waals surface area contributed by atoms with E-state index < -0.39 is 0 Å². The summed E-state index contributed by atoms with van der Waals surface area (Å²) >= 11 is 6.02. The van der Waals surface area contributed by atoms with Crippen molar-refractivity contribution in [2.75, 3.05) is 25.0 Å². The quantitative estimate of drug-likeness (QED) is 0.826. The van der Waals surface area contributed by atoms with Gasteiger partial charge in [0, 0.05) is 25.8 Å². The molecule has 2 aromatic heterocycles. The predicted octanol–water partition coefficient (Wildman–Crippen LogP) is 2.05. The molecule has 0 amide bonds. The van der Waals surface area contributed by atoms with Gasteiger partial charge in [-0.25, -0.2) is 0 Å². The van der Waals surface area contributed by atoms with E-state index in [0.29, 0.717) is 12.0 Å². The van der Waals surface area contributed by atoms with Crippen molar-refractivity contribution in [3.8, 4) is 0 Å². The van der Waals surface area contributed by atoms with Crippen molar-refractivity contribution in [1.29, 1.82) is 0 Å². The number of H-pyrrole nitrogens is 1. The van der Waals surface area contributed by atoms with Crippen molar-refractivity contribution in [1.82, 2.24) is 20.3 Å². The maximum Gasteiger partial charge on any atom is 0.226 e. The number of likely N-dealkylation sites (N-methyl/N-ethyl adjacent to an activating group) is 1. The molecule has 1 aliphatic rings. The van der Waals surface area contributed by atoms with Crippen molar-refractivity contribution in [2.45, 2.75) is 19.4 Å². The Morgan fingerprint density at radius 2 is 2.26 bits per heavy atom. The number of aromatic amines is 1. The number of piperidine rings is 1. The first-order valence-electron chi connectivity index (χ1n) is 6.61. The molecule has 0 bridgehead atoms. The molecule has 0 radical (unpaired) electrons. The zero-order valence-electron chi connectivity index (χ0n) is 11.2.